The number of nitrogens with zero attached hydrogens (tertiary/aromatic N) is 2. The highest BCUT2D eigenvalue weighted by Gasteiger charge is 2.20. The van der Waals surface area contributed by atoms with Crippen LogP contribution in [-0.2, 0) is 16.1 Å². The average Bonchev–Trinajstić information content (AvgIpc) is 2.36. The van der Waals surface area contributed by atoms with Crippen molar-refractivity contribution in [1.82, 2.24) is 9.80 Å². The molecule has 1 aromatic rings. The van der Waals surface area contributed by atoms with Gasteiger partial charge in [-0.1, -0.05) is 12.1 Å². The van der Waals surface area contributed by atoms with E-state index in [2.05, 4.69) is 5.32 Å². The third kappa shape index (κ3) is 4.66. The summed E-state index contributed by atoms with van der Waals surface area (Å²) in [5, 5.41) is 2.64. The fourth-order valence-corrected chi connectivity index (χ4v) is 1.69. The van der Waals surface area contributed by atoms with Gasteiger partial charge in [0.2, 0.25) is 0 Å². The van der Waals surface area contributed by atoms with E-state index in [0.29, 0.717) is 5.69 Å². The maximum absolute atomic E-state index is 11.9. The Morgan fingerprint density at radius 2 is 1.85 bits per heavy atom. The van der Waals surface area contributed by atoms with E-state index >= 15 is 0 Å². The lowest BCUT2D eigenvalue weighted by Crippen LogP contribution is -2.40. The third-order valence-corrected chi connectivity index (χ3v) is 2.97. The van der Waals surface area contributed by atoms with E-state index in [0.717, 1.165) is 12.1 Å². The van der Waals surface area contributed by atoms with Gasteiger partial charge in [0.15, 0.2) is 0 Å². The molecule has 0 fully saturated rings. The summed E-state index contributed by atoms with van der Waals surface area (Å²) in [4.78, 5) is 27.2. The number of benzene rings is 1. The molecule has 0 bridgehead atoms. The molecule has 0 aliphatic carbocycles. The van der Waals surface area contributed by atoms with E-state index in [1.807, 2.05) is 51.0 Å². The van der Waals surface area contributed by atoms with Gasteiger partial charge >= 0.3 is 11.8 Å². The molecule has 0 atom stereocenters. The van der Waals surface area contributed by atoms with E-state index in [4.69, 9.17) is 0 Å². The predicted octanol–water partition coefficient (Wildman–Crippen LogP) is 1.55. The van der Waals surface area contributed by atoms with Gasteiger partial charge in [-0.25, -0.2) is 0 Å². The van der Waals surface area contributed by atoms with Gasteiger partial charge < -0.3 is 15.1 Å². The Morgan fingerprint density at radius 1 is 1.20 bits per heavy atom. The van der Waals surface area contributed by atoms with Crippen LogP contribution in [0.4, 0.5) is 5.69 Å². The quantitative estimate of drug-likeness (QED) is 0.850. The van der Waals surface area contributed by atoms with Gasteiger partial charge in [0.1, 0.15) is 0 Å². The van der Waals surface area contributed by atoms with Crippen molar-refractivity contribution in [3.05, 3.63) is 29.8 Å². The molecule has 5 nitrogen and oxygen atoms in total. The number of rotatable bonds is 4. The number of carbonyl (C=O) groups excluding carboxylic acids is 2. The zero-order chi connectivity index (χ0) is 15.3. The molecule has 0 aliphatic rings. The SMILES string of the molecule is CC(C)N(C)C(=O)C(=O)Nc1cccc(CN(C)C)c1. The van der Waals surface area contributed by atoms with E-state index in [1.165, 1.54) is 4.90 Å². The molecule has 0 unspecified atom stereocenters. The summed E-state index contributed by atoms with van der Waals surface area (Å²) in [6, 6.07) is 7.50. The largest absolute Gasteiger partial charge is 0.335 e. The molecule has 20 heavy (non-hydrogen) atoms. The number of anilines is 1. The van der Waals surface area contributed by atoms with Crippen LogP contribution in [0.15, 0.2) is 24.3 Å². The molecule has 2 amide bonds. The van der Waals surface area contributed by atoms with E-state index in [-0.39, 0.29) is 6.04 Å². The second kappa shape index (κ2) is 7.05. The van der Waals surface area contributed by atoms with Gasteiger partial charge in [0.25, 0.3) is 0 Å². The van der Waals surface area contributed by atoms with Crippen LogP contribution < -0.4 is 5.32 Å². The molecule has 0 saturated heterocycles. The first kappa shape index (κ1) is 16.2. The van der Waals surface area contributed by atoms with Crippen molar-refractivity contribution in [1.29, 1.82) is 0 Å². The molecule has 0 aromatic heterocycles. The smallest absolute Gasteiger partial charge is 0.313 e. The average molecular weight is 277 g/mol. The minimum atomic E-state index is -0.608. The standard InChI is InChI=1S/C15H23N3O2/c1-11(2)18(5)15(20)14(19)16-13-8-6-7-12(9-13)10-17(3)4/h6-9,11H,10H2,1-5H3,(H,16,19). The molecule has 1 rings (SSSR count). The number of amides is 2. The van der Waals surface area contributed by atoms with Crippen molar-refractivity contribution in [3.8, 4) is 0 Å². The van der Waals surface area contributed by atoms with Gasteiger partial charge in [-0.3, -0.25) is 9.59 Å². The lowest BCUT2D eigenvalue weighted by atomic mass is 10.2. The molecule has 1 aromatic carbocycles. The second-order valence-electron chi connectivity index (χ2n) is 5.40. The predicted molar refractivity (Wildman–Crippen MR) is 80.4 cm³/mol. The maximum Gasteiger partial charge on any atom is 0.313 e. The van der Waals surface area contributed by atoms with Crippen molar-refractivity contribution in [2.24, 2.45) is 0 Å². The minimum absolute atomic E-state index is 0.00618. The first-order chi connectivity index (χ1) is 9.31. The van der Waals surface area contributed by atoms with Crippen LogP contribution in [0.3, 0.4) is 0 Å². The van der Waals surface area contributed by atoms with Crippen molar-refractivity contribution >= 4 is 17.5 Å². The van der Waals surface area contributed by atoms with Crippen molar-refractivity contribution < 1.29 is 9.59 Å². The summed E-state index contributed by atoms with van der Waals surface area (Å²) in [5.41, 5.74) is 1.72. The van der Waals surface area contributed by atoms with Gasteiger partial charge in [-0.15, -0.1) is 0 Å². The molecule has 0 aliphatic heterocycles. The lowest BCUT2D eigenvalue weighted by molar-refractivity contribution is -0.143. The Morgan fingerprint density at radius 3 is 2.40 bits per heavy atom. The fraction of sp³-hybridized carbons (Fsp3) is 0.467. The highest BCUT2D eigenvalue weighted by Crippen LogP contribution is 2.12. The molecule has 0 saturated carbocycles. The zero-order valence-electron chi connectivity index (χ0n) is 12.8. The topological polar surface area (TPSA) is 52.7 Å². The third-order valence-electron chi connectivity index (χ3n) is 2.97. The molecule has 5 heteroatoms. The van der Waals surface area contributed by atoms with E-state index in [9.17, 15) is 9.59 Å². The van der Waals surface area contributed by atoms with Crippen LogP contribution in [0.2, 0.25) is 0 Å². The Balaban J connectivity index is 2.73. The van der Waals surface area contributed by atoms with E-state index in [1.54, 1.807) is 13.1 Å². The molecular formula is C15H23N3O2. The van der Waals surface area contributed by atoms with Gasteiger partial charge in [0.05, 0.1) is 0 Å². The van der Waals surface area contributed by atoms with Crippen LogP contribution in [-0.4, -0.2) is 48.8 Å². The van der Waals surface area contributed by atoms with Crippen LogP contribution in [0.1, 0.15) is 19.4 Å². The number of hydrogen-bond donors (Lipinski definition) is 1. The normalized spacial score (nSPS) is 10.8. The highest BCUT2D eigenvalue weighted by molar-refractivity contribution is 6.39. The summed E-state index contributed by atoms with van der Waals surface area (Å²) < 4.78 is 0. The van der Waals surface area contributed by atoms with Gasteiger partial charge in [-0.05, 0) is 45.6 Å². The molecule has 0 spiro atoms. The molecule has 0 radical (unpaired) electrons. The van der Waals surface area contributed by atoms with Crippen LogP contribution in [0.25, 0.3) is 0 Å². The van der Waals surface area contributed by atoms with Crippen molar-refractivity contribution in [3.63, 3.8) is 0 Å². The first-order valence-electron chi connectivity index (χ1n) is 6.63. The number of nitrogens with one attached hydrogen (secondary N) is 1. The second-order valence-corrected chi connectivity index (χ2v) is 5.40. The van der Waals surface area contributed by atoms with Gasteiger partial charge in [0, 0.05) is 25.3 Å². The van der Waals surface area contributed by atoms with Crippen molar-refractivity contribution in [2.75, 3.05) is 26.5 Å². The summed E-state index contributed by atoms with van der Waals surface area (Å²) in [7, 11) is 5.58. The van der Waals surface area contributed by atoms with Gasteiger partial charge in [-0.2, -0.15) is 0 Å². The number of likely N-dealkylation sites (N-methyl/N-ethyl adjacent to an activating group) is 1. The van der Waals surface area contributed by atoms with Crippen LogP contribution >= 0.6 is 0 Å². The summed E-state index contributed by atoms with van der Waals surface area (Å²) in [6.07, 6.45) is 0. The summed E-state index contributed by atoms with van der Waals surface area (Å²) in [5.74, 6) is -1.14. The van der Waals surface area contributed by atoms with Crippen LogP contribution in [0, 0.1) is 0 Å². The van der Waals surface area contributed by atoms with Crippen molar-refractivity contribution in [2.45, 2.75) is 26.4 Å². The maximum atomic E-state index is 11.9. The summed E-state index contributed by atoms with van der Waals surface area (Å²) >= 11 is 0. The number of carbonyl (C=O) groups is 2. The fourth-order valence-electron chi connectivity index (χ4n) is 1.69. The molecule has 110 valence electrons. The molecular weight excluding hydrogens is 254 g/mol. The Kier molecular flexibility index (Phi) is 5.70. The summed E-state index contributed by atoms with van der Waals surface area (Å²) in [6.45, 7) is 4.51. The molecule has 1 N–H and O–H groups in total. The lowest BCUT2D eigenvalue weighted by Gasteiger charge is -2.20. The van der Waals surface area contributed by atoms with E-state index < -0.39 is 11.8 Å². The highest BCUT2D eigenvalue weighted by atomic mass is 16.2. The van der Waals surface area contributed by atoms with Crippen LogP contribution in [0.5, 0.6) is 0 Å². The monoisotopic (exact) mass is 277 g/mol. The Hall–Kier alpha value is -1.88. The Labute approximate surface area is 120 Å². The molecule has 0 heterocycles. The zero-order valence-corrected chi connectivity index (χ0v) is 12.8. The Bertz CT molecular complexity index is 484. The number of hydrogen-bond acceptors (Lipinski definition) is 3. The minimum Gasteiger partial charge on any atom is -0.335 e. The first-order valence-corrected chi connectivity index (χ1v) is 6.63.